The number of likely N-dealkylation sites (tertiary alicyclic amines) is 1. The van der Waals surface area contributed by atoms with E-state index in [-0.39, 0.29) is 11.9 Å². The summed E-state index contributed by atoms with van der Waals surface area (Å²) in [6, 6.07) is -0.185. The van der Waals surface area contributed by atoms with Crippen molar-refractivity contribution in [1.82, 2.24) is 4.90 Å². The number of nitrogens with zero attached hydrogens (tertiary/aromatic N) is 1. The Balaban J connectivity index is 1.74. The van der Waals surface area contributed by atoms with Gasteiger partial charge in [0.25, 0.3) is 5.91 Å². The monoisotopic (exact) mass is 335 g/mol. The number of nitrogens with two attached hydrogens (primary N) is 1. The van der Waals surface area contributed by atoms with Crippen molar-refractivity contribution in [2.45, 2.75) is 52.0 Å². The largest absolute Gasteiger partial charge is 0.365 e. The minimum absolute atomic E-state index is 0.0403. The molecule has 1 aliphatic carbocycles. The molecule has 0 aromatic carbocycles. The fourth-order valence-corrected chi connectivity index (χ4v) is 5.01. The van der Waals surface area contributed by atoms with Crippen molar-refractivity contribution in [3.63, 3.8) is 0 Å². The second-order valence-corrected chi connectivity index (χ2v) is 7.94. The number of primary amides is 1. The molecule has 126 valence electrons. The molecular formula is C17H25N3O2S. The zero-order valence-electron chi connectivity index (χ0n) is 13.9. The van der Waals surface area contributed by atoms with Crippen LogP contribution in [0.4, 0.5) is 5.00 Å². The summed E-state index contributed by atoms with van der Waals surface area (Å²) in [5.74, 6) is 0.159. The highest BCUT2D eigenvalue weighted by molar-refractivity contribution is 7.17. The van der Waals surface area contributed by atoms with E-state index >= 15 is 0 Å². The summed E-state index contributed by atoms with van der Waals surface area (Å²) in [5, 5.41) is 3.61. The average Bonchev–Trinajstić information content (AvgIpc) is 3.06. The highest BCUT2D eigenvalue weighted by Gasteiger charge is 2.29. The van der Waals surface area contributed by atoms with Gasteiger partial charge in [0.15, 0.2) is 0 Å². The first kappa shape index (κ1) is 16.5. The molecule has 2 amide bonds. The first-order valence-electron chi connectivity index (χ1n) is 8.46. The lowest BCUT2D eigenvalue weighted by Gasteiger charge is -2.34. The van der Waals surface area contributed by atoms with Gasteiger partial charge in [0.1, 0.15) is 5.00 Å². The molecule has 1 fully saturated rings. The van der Waals surface area contributed by atoms with Crippen LogP contribution in [-0.2, 0) is 17.6 Å². The molecule has 5 nitrogen and oxygen atoms in total. The molecule has 1 saturated heterocycles. The molecule has 0 bridgehead atoms. The van der Waals surface area contributed by atoms with Crippen LogP contribution in [0.5, 0.6) is 0 Å². The van der Waals surface area contributed by atoms with Gasteiger partial charge in [-0.1, -0.05) is 6.92 Å². The molecule has 6 heteroatoms. The normalized spacial score (nSPS) is 22.6. The van der Waals surface area contributed by atoms with Gasteiger partial charge in [-0.25, -0.2) is 0 Å². The number of anilines is 1. The minimum Gasteiger partial charge on any atom is -0.365 e. The number of hydrogen-bond donors (Lipinski definition) is 2. The van der Waals surface area contributed by atoms with E-state index in [1.807, 2.05) is 6.92 Å². The van der Waals surface area contributed by atoms with Crippen LogP contribution in [0.3, 0.4) is 0 Å². The molecule has 0 saturated carbocycles. The minimum atomic E-state index is -0.432. The highest BCUT2D eigenvalue weighted by Crippen LogP contribution is 2.39. The number of thiophene rings is 1. The summed E-state index contributed by atoms with van der Waals surface area (Å²) in [6.07, 6.45) is 5.30. The van der Waals surface area contributed by atoms with Gasteiger partial charge in [-0.15, -0.1) is 11.3 Å². The van der Waals surface area contributed by atoms with Gasteiger partial charge < -0.3 is 11.1 Å². The van der Waals surface area contributed by atoms with Gasteiger partial charge >= 0.3 is 0 Å². The maximum atomic E-state index is 12.6. The van der Waals surface area contributed by atoms with Gasteiger partial charge in [0, 0.05) is 11.4 Å². The molecular weight excluding hydrogens is 310 g/mol. The predicted octanol–water partition coefficient (Wildman–Crippen LogP) is 2.39. The number of rotatable bonds is 4. The lowest BCUT2D eigenvalue weighted by Crippen LogP contribution is -2.46. The summed E-state index contributed by atoms with van der Waals surface area (Å²) >= 11 is 1.52. The lowest BCUT2D eigenvalue weighted by molar-refractivity contribution is -0.121. The summed E-state index contributed by atoms with van der Waals surface area (Å²) in [4.78, 5) is 27.9. The van der Waals surface area contributed by atoms with E-state index in [0.29, 0.717) is 16.5 Å². The molecule has 23 heavy (non-hydrogen) atoms. The molecule has 2 atom stereocenters. The zero-order chi connectivity index (χ0) is 16.6. The summed E-state index contributed by atoms with van der Waals surface area (Å²) in [7, 11) is 0. The summed E-state index contributed by atoms with van der Waals surface area (Å²) in [6.45, 7) is 6.09. The molecule has 1 aromatic rings. The van der Waals surface area contributed by atoms with Crippen LogP contribution in [0.25, 0.3) is 0 Å². The Morgan fingerprint density at radius 2 is 2.13 bits per heavy atom. The fraction of sp³-hybridized carbons (Fsp3) is 0.647. The Kier molecular flexibility index (Phi) is 4.73. The first-order chi connectivity index (χ1) is 11.0. The third-order valence-corrected chi connectivity index (χ3v) is 6.23. The fourth-order valence-electron chi connectivity index (χ4n) is 3.71. The summed E-state index contributed by atoms with van der Waals surface area (Å²) < 4.78 is 0. The van der Waals surface area contributed by atoms with E-state index < -0.39 is 5.91 Å². The second kappa shape index (κ2) is 6.61. The van der Waals surface area contributed by atoms with Crippen molar-refractivity contribution >= 4 is 28.2 Å². The van der Waals surface area contributed by atoms with Gasteiger partial charge in [-0.2, -0.15) is 0 Å². The number of amides is 2. The van der Waals surface area contributed by atoms with Crippen LogP contribution in [0.15, 0.2) is 0 Å². The number of fused-ring (bicyclic) bond motifs is 1. The van der Waals surface area contributed by atoms with Crippen LogP contribution >= 0.6 is 11.3 Å². The second-order valence-electron chi connectivity index (χ2n) is 6.83. The third kappa shape index (κ3) is 3.28. The molecule has 1 aliphatic heterocycles. The van der Waals surface area contributed by atoms with Gasteiger partial charge in [0.2, 0.25) is 5.91 Å². The molecule has 0 radical (unpaired) electrons. The van der Waals surface area contributed by atoms with Gasteiger partial charge in [-0.05, 0) is 57.1 Å². The molecule has 1 aromatic heterocycles. The van der Waals surface area contributed by atoms with Crippen LogP contribution in [0.2, 0.25) is 0 Å². The predicted molar refractivity (Wildman–Crippen MR) is 92.9 cm³/mol. The van der Waals surface area contributed by atoms with E-state index in [0.717, 1.165) is 44.3 Å². The Hall–Kier alpha value is -1.40. The molecule has 3 rings (SSSR count). The quantitative estimate of drug-likeness (QED) is 0.887. The Morgan fingerprint density at radius 1 is 1.35 bits per heavy atom. The Labute approximate surface area is 141 Å². The number of hydrogen-bond acceptors (Lipinski definition) is 4. The zero-order valence-corrected chi connectivity index (χ0v) is 14.7. The van der Waals surface area contributed by atoms with Crippen molar-refractivity contribution in [3.05, 3.63) is 16.0 Å². The Bertz CT molecular complexity index is 626. The molecule has 2 heterocycles. The number of carbonyl (C=O) groups is 2. The van der Waals surface area contributed by atoms with E-state index in [9.17, 15) is 9.59 Å². The van der Waals surface area contributed by atoms with Crippen LogP contribution in [0.1, 0.15) is 53.9 Å². The van der Waals surface area contributed by atoms with E-state index in [2.05, 4.69) is 17.1 Å². The number of aryl methyl sites for hydroxylation is 1. The Morgan fingerprint density at radius 3 is 2.83 bits per heavy atom. The maximum absolute atomic E-state index is 12.6. The van der Waals surface area contributed by atoms with E-state index in [1.54, 1.807) is 0 Å². The standard InChI is InChI=1S/C17H25N3O2S/c1-10-5-4-8-20(9-10)11(2)16(22)19-17-14(15(18)21)12-6-3-7-13(12)23-17/h10-11H,3-9H2,1-2H3,(H2,18,21)(H,19,22)/t10-,11+/m0/s1. The SMILES string of the molecule is C[C@H]1CCCN([C@H](C)C(=O)Nc2sc3c(c2C(N)=O)CCC3)C1. The van der Waals surface area contributed by atoms with Crippen LogP contribution in [0, 0.1) is 5.92 Å². The smallest absolute Gasteiger partial charge is 0.251 e. The number of carbonyl (C=O) groups excluding carboxylic acids is 2. The maximum Gasteiger partial charge on any atom is 0.251 e. The van der Waals surface area contributed by atoms with Crippen molar-refractivity contribution in [2.24, 2.45) is 11.7 Å². The van der Waals surface area contributed by atoms with Crippen molar-refractivity contribution in [2.75, 3.05) is 18.4 Å². The van der Waals surface area contributed by atoms with E-state index in [1.165, 1.54) is 22.6 Å². The van der Waals surface area contributed by atoms with Crippen molar-refractivity contribution in [3.8, 4) is 0 Å². The number of nitrogens with one attached hydrogen (secondary N) is 1. The average molecular weight is 335 g/mol. The molecule has 0 spiro atoms. The van der Waals surface area contributed by atoms with Gasteiger partial charge in [0.05, 0.1) is 11.6 Å². The third-order valence-electron chi connectivity index (χ3n) is 5.02. The van der Waals surface area contributed by atoms with Crippen LogP contribution in [-0.4, -0.2) is 35.8 Å². The van der Waals surface area contributed by atoms with Crippen molar-refractivity contribution in [1.29, 1.82) is 0 Å². The van der Waals surface area contributed by atoms with Crippen LogP contribution < -0.4 is 11.1 Å². The summed E-state index contributed by atoms with van der Waals surface area (Å²) in [5.41, 5.74) is 7.14. The lowest BCUT2D eigenvalue weighted by atomic mass is 9.99. The molecule has 3 N–H and O–H groups in total. The number of piperidine rings is 1. The highest BCUT2D eigenvalue weighted by atomic mass is 32.1. The van der Waals surface area contributed by atoms with Crippen molar-refractivity contribution < 1.29 is 9.59 Å². The molecule has 2 aliphatic rings. The molecule has 0 unspecified atom stereocenters. The first-order valence-corrected chi connectivity index (χ1v) is 9.28. The topological polar surface area (TPSA) is 75.4 Å². The van der Waals surface area contributed by atoms with Gasteiger partial charge in [-0.3, -0.25) is 14.5 Å². The van der Waals surface area contributed by atoms with E-state index in [4.69, 9.17) is 5.73 Å².